The van der Waals surface area contributed by atoms with E-state index in [1.54, 1.807) is 60.7 Å². The van der Waals surface area contributed by atoms with Gasteiger partial charge in [-0.25, -0.2) is 14.4 Å². The number of benzene rings is 4. The summed E-state index contributed by atoms with van der Waals surface area (Å²) in [7, 11) is 0. The molecule has 0 spiro atoms. The molecule has 0 radical (unpaired) electrons. The highest BCUT2D eigenvalue weighted by Crippen LogP contribution is 2.18. The Labute approximate surface area is 304 Å². The fourth-order valence-electron chi connectivity index (χ4n) is 4.84. The van der Waals surface area contributed by atoms with Gasteiger partial charge in [-0.15, -0.1) is 0 Å². The lowest BCUT2D eigenvalue weighted by atomic mass is 10.0. The first kappa shape index (κ1) is 38.8. The van der Waals surface area contributed by atoms with Crippen LogP contribution in [0.15, 0.2) is 109 Å². The predicted octanol–water partition coefficient (Wildman–Crippen LogP) is 4.72. The number of hydrogen-bond donors (Lipinski definition) is 5. The Balaban J connectivity index is 1.37. The standard InChI is InChI=1S/C37H38N6O10/c38-35(46)39-21-7-12-31(41-34(45)32(22-25-8-3-1-4-9-25)42-36(47)51-23-26-10-5-2-6-11-26)33(44)40-28-15-13-27(14-16-28)24-52-37(48)53-30-19-17-29(18-20-30)43(49)50/h1-6,8-11,13-20,31-32H,7,12,21-24H2,(H,40,44)(H,41,45)(H,42,47)(H3,38,39,46)/t31-,32-/m0/s1. The summed E-state index contributed by atoms with van der Waals surface area (Å²) in [5.74, 6) is -1.14. The van der Waals surface area contributed by atoms with Gasteiger partial charge in [-0.3, -0.25) is 19.7 Å². The number of non-ortho nitro benzene ring substituents is 1. The average Bonchev–Trinajstić information content (AvgIpc) is 3.15. The number of primary amides is 1. The fraction of sp³-hybridized carbons (Fsp3) is 0.216. The van der Waals surface area contributed by atoms with E-state index in [0.29, 0.717) is 11.3 Å². The second-order valence-electron chi connectivity index (χ2n) is 11.5. The van der Waals surface area contributed by atoms with Gasteiger partial charge in [0, 0.05) is 30.8 Å². The van der Waals surface area contributed by atoms with Crippen LogP contribution < -0.4 is 31.7 Å². The summed E-state index contributed by atoms with van der Waals surface area (Å²) >= 11 is 0. The first-order valence-corrected chi connectivity index (χ1v) is 16.4. The van der Waals surface area contributed by atoms with Gasteiger partial charge in [0.15, 0.2) is 0 Å². The molecule has 5 amide bonds. The number of nitrogens with one attached hydrogen (secondary N) is 4. The lowest BCUT2D eigenvalue weighted by Crippen LogP contribution is -2.53. The van der Waals surface area contributed by atoms with Gasteiger partial charge < -0.3 is 41.2 Å². The zero-order chi connectivity index (χ0) is 38.0. The van der Waals surface area contributed by atoms with Crippen LogP contribution in [-0.4, -0.2) is 53.6 Å². The van der Waals surface area contributed by atoms with Crippen molar-refractivity contribution >= 4 is 41.5 Å². The number of anilines is 1. The van der Waals surface area contributed by atoms with Crippen LogP contribution in [0.1, 0.15) is 29.5 Å². The molecule has 0 aliphatic rings. The monoisotopic (exact) mass is 726 g/mol. The van der Waals surface area contributed by atoms with Crippen LogP contribution >= 0.6 is 0 Å². The van der Waals surface area contributed by atoms with Gasteiger partial charge in [-0.05, 0) is 53.8 Å². The Morgan fingerprint density at radius 1 is 0.698 bits per heavy atom. The SMILES string of the molecule is NC(=O)NCCC[C@H](NC(=O)[C@H](Cc1ccccc1)NC(=O)OCc1ccccc1)C(=O)Nc1ccc(COC(=O)Oc2ccc([N+](=O)[O-])cc2)cc1. The molecule has 0 saturated carbocycles. The van der Waals surface area contributed by atoms with Crippen LogP contribution in [0.25, 0.3) is 0 Å². The van der Waals surface area contributed by atoms with E-state index in [1.165, 1.54) is 24.3 Å². The molecule has 0 aromatic heterocycles. The first-order valence-electron chi connectivity index (χ1n) is 16.4. The van der Waals surface area contributed by atoms with Gasteiger partial charge in [0.05, 0.1) is 4.92 Å². The van der Waals surface area contributed by atoms with Gasteiger partial charge in [0.1, 0.15) is 31.0 Å². The molecule has 0 bridgehead atoms. The molecule has 16 heteroatoms. The van der Waals surface area contributed by atoms with Crippen molar-refractivity contribution in [3.05, 3.63) is 136 Å². The normalized spacial score (nSPS) is 11.5. The molecule has 4 aromatic rings. The molecule has 0 aliphatic heterocycles. The fourth-order valence-corrected chi connectivity index (χ4v) is 4.84. The van der Waals surface area contributed by atoms with E-state index >= 15 is 0 Å². The quantitative estimate of drug-likeness (QED) is 0.0330. The summed E-state index contributed by atoms with van der Waals surface area (Å²) in [6.45, 7) is -0.0373. The Hall–Kier alpha value is -6.97. The molecule has 0 unspecified atom stereocenters. The topological polar surface area (TPSA) is 230 Å². The summed E-state index contributed by atoms with van der Waals surface area (Å²) in [6.07, 6.45) is -1.35. The third kappa shape index (κ3) is 13.7. The lowest BCUT2D eigenvalue weighted by molar-refractivity contribution is -0.384. The van der Waals surface area contributed by atoms with Crippen LogP contribution in [0.3, 0.4) is 0 Å². The highest BCUT2D eigenvalue weighted by Gasteiger charge is 2.28. The lowest BCUT2D eigenvalue weighted by Gasteiger charge is -2.23. The number of nitro groups is 1. The molecule has 4 aromatic carbocycles. The number of carbonyl (C=O) groups excluding carboxylic acids is 5. The van der Waals surface area contributed by atoms with Crippen LogP contribution in [0.2, 0.25) is 0 Å². The zero-order valence-corrected chi connectivity index (χ0v) is 28.4. The summed E-state index contributed by atoms with van der Waals surface area (Å²) in [6, 6.07) is 26.3. The molecule has 53 heavy (non-hydrogen) atoms. The maximum absolute atomic E-state index is 13.7. The minimum absolute atomic E-state index is 0.0125. The van der Waals surface area contributed by atoms with Gasteiger partial charge in [-0.2, -0.15) is 0 Å². The van der Waals surface area contributed by atoms with E-state index in [9.17, 15) is 34.1 Å². The van der Waals surface area contributed by atoms with Crippen molar-refractivity contribution in [3.8, 4) is 5.75 Å². The molecule has 0 aliphatic carbocycles. The van der Waals surface area contributed by atoms with Crippen LogP contribution in [0.5, 0.6) is 5.75 Å². The Morgan fingerprint density at radius 2 is 1.30 bits per heavy atom. The van der Waals surface area contributed by atoms with Crippen LogP contribution in [0, 0.1) is 10.1 Å². The van der Waals surface area contributed by atoms with Gasteiger partial charge >= 0.3 is 18.3 Å². The smallest absolute Gasteiger partial charge is 0.445 e. The molecule has 0 heterocycles. The number of ether oxygens (including phenoxy) is 3. The molecule has 276 valence electrons. The summed E-state index contributed by atoms with van der Waals surface area (Å²) in [5, 5.41) is 21.3. The van der Waals surface area contributed by atoms with Crippen molar-refractivity contribution in [2.75, 3.05) is 11.9 Å². The van der Waals surface area contributed by atoms with E-state index < -0.39 is 47.1 Å². The highest BCUT2D eigenvalue weighted by atomic mass is 16.7. The van der Waals surface area contributed by atoms with Crippen molar-refractivity contribution in [1.82, 2.24) is 16.0 Å². The van der Waals surface area contributed by atoms with Crippen molar-refractivity contribution in [2.24, 2.45) is 5.73 Å². The zero-order valence-electron chi connectivity index (χ0n) is 28.4. The largest absolute Gasteiger partial charge is 0.514 e. The summed E-state index contributed by atoms with van der Waals surface area (Å²) in [5.41, 5.74) is 7.44. The maximum atomic E-state index is 13.7. The highest BCUT2D eigenvalue weighted by molar-refractivity contribution is 5.98. The Kier molecular flexibility index (Phi) is 14.7. The molecule has 16 nitrogen and oxygen atoms in total. The number of hydrogen-bond acceptors (Lipinski definition) is 10. The minimum Gasteiger partial charge on any atom is -0.445 e. The number of urea groups is 1. The number of alkyl carbamates (subject to hydrolysis) is 1. The van der Waals surface area contributed by atoms with E-state index in [-0.39, 0.29) is 50.5 Å². The second-order valence-corrected chi connectivity index (χ2v) is 11.5. The Bertz CT molecular complexity index is 1840. The summed E-state index contributed by atoms with van der Waals surface area (Å²) < 4.78 is 15.5. The number of rotatable bonds is 17. The maximum Gasteiger partial charge on any atom is 0.514 e. The molecule has 2 atom stereocenters. The second kappa shape index (κ2) is 20.0. The molecule has 4 rings (SSSR count). The van der Waals surface area contributed by atoms with E-state index in [4.69, 9.17) is 19.9 Å². The number of nitrogens with two attached hydrogens (primary N) is 1. The predicted molar refractivity (Wildman–Crippen MR) is 191 cm³/mol. The number of nitrogens with zero attached hydrogens (tertiary/aromatic N) is 1. The van der Waals surface area contributed by atoms with Crippen LogP contribution in [0.4, 0.5) is 25.8 Å². The molecular weight excluding hydrogens is 688 g/mol. The van der Waals surface area contributed by atoms with Crippen molar-refractivity contribution in [3.63, 3.8) is 0 Å². The van der Waals surface area contributed by atoms with Gasteiger partial charge in [0.2, 0.25) is 11.8 Å². The van der Waals surface area contributed by atoms with Gasteiger partial charge in [-0.1, -0.05) is 72.8 Å². The number of nitro benzene ring substituents is 1. The van der Waals surface area contributed by atoms with E-state index in [2.05, 4.69) is 21.3 Å². The summed E-state index contributed by atoms with van der Waals surface area (Å²) in [4.78, 5) is 73.4. The average molecular weight is 727 g/mol. The van der Waals surface area contributed by atoms with E-state index in [1.807, 2.05) is 24.3 Å². The molecule has 0 saturated heterocycles. The van der Waals surface area contributed by atoms with Crippen molar-refractivity contribution in [2.45, 2.75) is 44.6 Å². The van der Waals surface area contributed by atoms with E-state index in [0.717, 1.165) is 11.1 Å². The molecule has 0 fully saturated rings. The van der Waals surface area contributed by atoms with Crippen molar-refractivity contribution < 1.29 is 43.1 Å². The minimum atomic E-state index is -1.11. The third-order valence-electron chi connectivity index (χ3n) is 7.53. The molecular formula is C37H38N6O10. The van der Waals surface area contributed by atoms with Crippen LogP contribution in [-0.2, 0) is 38.7 Å². The third-order valence-corrected chi connectivity index (χ3v) is 7.53. The Morgan fingerprint density at radius 3 is 1.92 bits per heavy atom. The number of amides is 5. The van der Waals surface area contributed by atoms with Gasteiger partial charge in [0.25, 0.3) is 5.69 Å². The molecule has 6 N–H and O–H groups in total. The van der Waals surface area contributed by atoms with Crippen molar-refractivity contribution in [1.29, 1.82) is 0 Å². The number of carbonyl (C=O) groups is 5. The first-order chi connectivity index (χ1) is 25.5.